The standard InChI is InChI=1S/C17H20O5/c1-9-12-8-17(3)11(7-14(12)22-16(9)19)5-6-13(15(17)20-4)21-10(2)18/h5,7,13,15H,6,8H2,1-4H3/t13-,15-,17-/m0/s1. The van der Waals surface area contributed by atoms with Crippen LogP contribution in [0.3, 0.4) is 0 Å². The summed E-state index contributed by atoms with van der Waals surface area (Å²) < 4.78 is 16.4. The number of ether oxygens (including phenoxy) is 3. The van der Waals surface area contributed by atoms with E-state index < -0.39 is 0 Å². The first-order chi connectivity index (χ1) is 10.4. The summed E-state index contributed by atoms with van der Waals surface area (Å²) in [6.45, 7) is 5.27. The predicted molar refractivity (Wildman–Crippen MR) is 78.7 cm³/mol. The summed E-state index contributed by atoms with van der Waals surface area (Å²) in [6, 6.07) is 0. The molecule has 1 heterocycles. The topological polar surface area (TPSA) is 61.8 Å². The van der Waals surface area contributed by atoms with Crippen molar-refractivity contribution in [1.82, 2.24) is 0 Å². The van der Waals surface area contributed by atoms with Gasteiger partial charge < -0.3 is 14.2 Å². The molecule has 0 saturated heterocycles. The maximum absolute atomic E-state index is 11.8. The van der Waals surface area contributed by atoms with Crippen LogP contribution in [0, 0.1) is 5.41 Å². The van der Waals surface area contributed by atoms with E-state index in [2.05, 4.69) is 6.92 Å². The molecule has 3 rings (SSSR count). The van der Waals surface area contributed by atoms with Crippen LogP contribution in [0.2, 0.25) is 0 Å². The van der Waals surface area contributed by atoms with E-state index in [0.29, 0.717) is 24.2 Å². The summed E-state index contributed by atoms with van der Waals surface area (Å²) in [5.41, 5.74) is 2.30. The third-order valence-corrected chi connectivity index (χ3v) is 4.86. The van der Waals surface area contributed by atoms with Gasteiger partial charge in [-0.2, -0.15) is 0 Å². The minimum absolute atomic E-state index is 0.259. The maximum atomic E-state index is 11.8. The monoisotopic (exact) mass is 304 g/mol. The van der Waals surface area contributed by atoms with Gasteiger partial charge in [0.25, 0.3) is 0 Å². The second kappa shape index (κ2) is 5.09. The maximum Gasteiger partial charge on any atom is 0.339 e. The summed E-state index contributed by atoms with van der Waals surface area (Å²) >= 11 is 0. The van der Waals surface area contributed by atoms with Gasteiger partial charge in [0.1, 0.15) is 18.0 Å². The molecule has 3 aliphatic rings. The highest BCUT2D eigenvalue weighted by Gasteiger charge is 2.50. The first-order valence-electron chi connectivity index (χ1n) is 7.41. The molecule has 22 heavy (non-hydrogen) atoms. The summed E-state index contributed by atoms with van der Waals surface area (Å²) in [4.78, 5) is 23.1. The molecule has 5 nitrogen and oxygen atoms in total. The molecule has 0 fully saturated rings. The number of carbonyl (C=O) groups is 2. The first kappa shape index (κ1) is 15.0. The zero-order valence-electron chi connectivity index (χ0n) is 13.3. The van der Waals surface area contributed by atoms with Gasteiger partial charge in [-0.25, -0.2) is 4.79 Å². The van der Waals surface area contributed by atoms with E-state index >= 15 is 0 Å². The average molecular weight is 304 g/mol. The molecule has 118 valence electrons. The lowest BCUT2D eigenvalue weighted by molar-refractivity contribution is -0.160. The number of carbonyl (C=O) groups excluding carboxylic acids is 2. The van der Waals surface area contributed by atoms with E-state index in [1.165, 1.54) is 6.92 Å². The van der Waals surface area contributed by atoms with Crippen molar-refractivity contribution in [2.75, 3.05) is 7.11 Å². The minimum Gasteiger partial charge on any atom is -0.459 e. The highest BCUT2D eigenvalue weighted by atomic mass is 16.6. The summed E-state index contributed by atoms with van der Waals surface area (Å²) in [5, 5.41) is 0. The molecule has 0 spiro atoms. The molecule has 0 bridgehead atoms. The molecule has 1 aliphatic heterocycles. The van der Waals surface area contributed by atoms with Gasteiger partial charge in [0.15, 0.2) is 0 Å². The Hall–Kier alpha value is -1.88. The third-order valence-electron chi connectivity index (χ3n) is 4.86. The van der Waals surface area contributed by atoms with Crippen LogP contribution >= 0.6 is 0 Å². The van der Waals surface area contributed by atoms with Crippen molar-refractivity contribution in [2.45, 2.75) is 45.8 Å². The zero-order chi connectivity index (χ0) is 16.1. The van der Waals surface area contributed by atoms with E-state index in [4.69, 9.17) is 14.2 Å². The van der Waals surface area contributed by atoms with Crippen molar-refractivity contribution >= 4 is 11.9 Å². The van der Waals surface area contributed by atoms with E-state index in [1.54, 1.807) is 14.0 Å². The lowest BCUT2D eigenvalue weighted by atomic mass is 9.64. The highest BCUT2D eigenvalue weighted by Crippen LogP contribution is 2.52. The van der Waals surface area contributed by atoms with Gasteiger partial charge in [-0.1, -0.05) is 13.0 Å². The van der Waals surface area contributed by atoms with Crippen molar-refractivity contribution in [1.29, 1.82) is 0 Å². The van der Waals surface area contributed by atoms with Gasteiger partial charge in [-0.3, -0.25) is 4.79 Å². The van der Waals surface area contributed by atoms with Crippen LogP contribution in [0.1, 0.15) is 33.6 Å². The molecule has 0 amide bonds. The van der Waals surface area contributed by atoms with Crippen LogP contribution in [0.25, 0.3) is 0 Å². The molecular weight excluding hydrogens is 284 g/mol. The smallest absolute Gasteiger partial charge is 0.339 e. The van der Waals surface area contributed by atoms with Crippen molar-refractivity contribution in [3.05, 3.63) is 34.6 Å². The van der Waals surface area contributed by atoms with Crippen LogP contribution in [0.15, 0.2) is 34.6 Å². The zero-order valence-corrected chi connectivity index (χ0v) is 13.3. The van der Waals surface area contributed by atoms with Gasteiger partial charge >= 0.3 is 11.9 Å². The molecule has 0 saturated carbocycles. The molecule has 0 unspecified atom stereocenters. The average Bonchev–Trinajstić information content (AvgIpc) is 2.70. The third kappa shape index (κ3) is 2.11. The normalized spacial score (nSPS) is 33.5. The fraction of sp³-hybridized carbons (Fsp3) is 0.529. The Bertz CT molecular complexity index is 639. The number of hydrogen-bond acceptors (Lipinski definition) is 5. The Morgan fingerprint density at radius 1 is 1.45 bits per heavy atom. The molecule has 0 aromatic rings. The number of allylic oxidation sites excluding steroid dienone is 2. The lowest BCUT2D eigenvalue weighted by Crippen LogP contribution is -2.49. The van der Waals surface area contributed by atoms with Crippen LogP contribution in [0.4, 0.5) is 0 Å². The molecule has 3 atom stereocenters. The Morgan fingerprint density at radius 2 is 2.18 bits per heavy atom. The van der Waals surface area contributed by atoms with E-state index in [-0.39, 0.29) is 29.6 Å². The fourth-order valence-electron chi connectivity index (χ4n) is 3.73. The second-order valence-corrected chi connectivity index (χ2v) is 6.30. The first-order valence-corrected chi connectivity index (χ1v) is 7.41. The molecule has 0 aromatic heterocycles. The molecule has 0 N–H and O–H groups in total. The van der Waals surface area contributed by atoms with E-state index in [1.807, 2.05) is 12.2 Å². The number of rotatable bonds is 2. The molecule has 5 heteroatoms. The predicted octanol–water partition coefficient (Wildman–Crippen LogP) is 2.43. The van der Waals surface area contributed by atoms with Crippen LogP contribution in [-0.4, -0.2) is 31.3 Å². The largest absolute Gasteiger partial charge is 0.459 e. The molecule has 0 radical (unpaired) electrons. The fourth-order valence-corrected chi connectivity index (χ4v) is 3.73. The van der Waals surface area contributed by atoms with Gasteiger partial charge in [-0.05, 0) is 25.0 Å². The van der Waals surface area contributed by atoms with Crippen molar-refractivity contribution in [3.63, 3.8) is 0 Å². The van der Waals surface area contributed by atoms with Gasteiger partial charge in [-0.15, -0.1) is 0 Å². The summed E-state index contributed by atoms with van der Waals surface area (Å²) in [7, 11) is 1.63. The summed E-state index contributed by atoms with van der Waals surface area (Å²) in [6.07, 6.45) is 4.63. The number of methoxy groups -OCH3 is 1. The lowest BCUT2D eigenvalue weighted by Gasteiger charge is -2.46. The van der Waals surface area contributed by atoms with Gasteiger partial charge in [0.2, 0.25) is 0 Å². The molecular formula is C17H20O5. The Balaban J connectivity index is 2.03. The van der Waals surface area contributed by atoms with Gasteiger partial charge in [0, 0.05) is 37.0 Å². The number of fused-ring (bicyclic) bond motifs is 2. The van der Waals surface area contributed by atoms with Crippen molar-refractivity contribution in [3.8, 4) is 0 Å². The quantitative estimate of drug-likeness (QED) is 0.733. The number of esters is 2. The van der Waals surface area contributed by atoms with Gasteiger partial charge in [0.05, 0.1) is 0 Å². The van der Waals surface area contributed by atoms with Crippen molar-refractivity contribution < 1.29 is 23.8 Å². The van der Waals surface area contributed by atoms with Crippen LogP contribution in [-0.2, 0) is 23.8 Å². The second-order valence-electron chi connectivity index (χ2n) is 6.30. The Kier molecular flexibility index (Phi) is 3.48. The minimum atomic E-state index is -0.346. The molecule has 2 aliphatic carbocycles. The number of hydrogen-bond donors (Lipinski definition) is 0. The van der Waals surface area contributed by atoms with E-state index in [0.717, 1.165) is 11.1 Å². The highest BCUT2D eigenvalue weighted by molar-refractivity contribution is 5.94. The SMILES string of the molecule is CO[C@H]1[C@@H](OC(C)=O)CC=C2C=C3OC(=O)C(C)=C3C[C@@]21C. The van der Waals surface area contributed by atoms with E-state index in [9.17, 15) is 9.59 Å². The Morgan fingerprint density at radius 3 is 2.82 bits per heavy atom. The van der Waals surface area contributed by atoms with Crippen LogP contribution < -0.4 is 0 Å². The summed E-state index contributed by atoms with van der Waals surface area (Å²) in [5.74, 6) is 0.0518. The van der Waals surface area contributed by atoms with Crippen molar-refractivity contribution in [2.24, 2.45) is 5.41 Å². The van der Waals surface area contributed by atoms with Crippen LogP contribution in [0.5, 0.6) is 0 Å². The molecule has 0 aromatic carbocycles. The Labute approximate surface area is 129 Å².